The van der Waals surface area contributed by atoms with E-state index in [0.29, 0.717) is 18.9 Å². The van der Waals surface area contributed by atoms with Gasteiger partial charge >= 0.3 is 6.09 Å². The number of carbonyl (C=O) groups excluding carboxylic acids is 2. The molecule has 138 valence electrons. The molecular formula is C19H27BrN2O3. The summed E-state index contributed by atoms with van der Waals surface area (Å²) in [5.74, 6) is 0.331. The molecule has 1 aromatic carbocycles. The Labute approximate surface area is 158 Å². The molecule has 2 amide bonds. The molecule has 0 saturated heterocycles. The average molecular weight is 411 g/mol. The summed E-state index contributed by atoms with van der Waals surface area (Å²) in [5.41, 5.74) is -0.0590. The number of alkyl carbamates (subject to hydrolysis) is 1. The van der Waals surface area contributed by atoms with E-state index in [-0.39, 0.29) is 5.91 Å². The largest absolute Gasteiger partial charge is 0.444 e. The minimum absolute atomic E-state index is 0.0488. The van der Waals surface area contributed by atoms with E-state index >= 15 is 0 Å². The number of carbonyl (C=O) groups is 2. The summed E-state index contributed by atoms with van der Waals surface area (Å²) in [4.78, 5) is 24.4. The van der Waals surface area contributed by atoms with Crippen LogP contribution in [0.15, 0.2) is 28.7 Å². The van der Waals surface area contributed by atoms with Crippen molar-refractivity contribution in [3.63, 3.8) is 0 Å². The number of hydrogen-bond acceptors (Lipinski definition) is 3. The molecular weight excluding hydrogens is 384 g/mol. The maximum atomic E-state index is 12.5. The molecule has 1 atom stereocenters. The molecule has 1 aromatic rings. The molecule has 1 aliphatic carbocycles. The summed E-state index contributed by atoms with van der Waals surface area (Å²) in [6.07, 6.45) is 1.96. The van der Waals surface area contributed by atoms with Gasteiger partial charge in [-0.1, -0.05) is 34.1 Å². The minimum atomic E-state index is -0.539. The fraction of sp³-hybridized carbons (Fsp3) is 0.579. The van der Waals surface area contributed by atoms with E-state index < -0.39 is 17.2 Å². The fourth-order valence-electron chi connectivity index (χ4n) is 2.76. The average Bonchev–Trinajstić information content (AvgIpc) is 3.31. The SMILES string of the molecule is CC(C)(C)OC(=O)NCC(C)(NC(=O)Cc1ccccc1Br)C1CC1. The van der Waals surface area contributed by atoms with Crippen molar-refractivity contribution in [3.05, 3.63) is 34.3 Å². The van der Waals surface area contributed by atoms with Crippen LogP contribution in [-0.2, 0) is 16.0 Å². The Morgan fingerprint density at radius 1 is 1.20 bits per heavy atom. The maximum Gasteiger partial charge on any atom is 0.407 e. The van der Waals surface area contributed by atoms with Gasteiger partial charge in [0.1, 0.15) is 5.60 Å². The summed E-state index contributed by atoms with van der Waals surface area (Å²) >= 11 is 3.47. The van der Waals surface area contributed by atoms with Crippen LogP contribution in [0.1, 0.15) is 46.1 Å². The zero-order valence-corrected chi connectivity index (χ0v) is 16.9. The summed E-state index contributed by atoms with van der Waals surface area (Å²) < 4.78 is 6.20. The van der Waals surface area contributed by atoms with Crippen molar-refractivity contribution in [2.45, 2.75) is 58.1 Å². The van der Waals surface area contributed by atoms with Gasteiger partial charge in [0.2, 0.25) is 5.91 Å². The molecule has 2 N–H and O–H groups in total. The van der Waals surface area contributed by atoms with Crippen molar-refractivity contribution < 1.29 is 14.3 Å². The third-order valence-electron chi connectivity index (χ3n) is 4.21. The number of hydrogen-bond donors (Lipinski definition) is 2. The zero-order chi connectivity index (χ0) is 18.7. The standard InChI is InChI=1S/C19H27BrN2O3/c1-18(2,3)25-17(24)21-12-19(4,14-9-10-14)22-16(23)11-13-7-5-6-8-15(13)20/h5-8,14H,9-12H2,1-4H3,(H,21,24)(H,22,23). The highest BCUT2D eigenvalue weighted by Gasteiger charge is 2.43. The fourth-order valence-corrected chi connectivity index (χ4v) is 3.18. The molecule has 1 fully saturated rings. The lowest BCUT2D eigenvalue weighted by atomic mass is 9.95. The summed E-state index contributed by atoms with van der Waals surface area (Å²) in [7, 11) is 0. The van der Waals surface area contributed by atoms with Crippen molar-refractivity contribution >= 4 is 27.9 Å². The number of nitrogens with one attached hydrogen (secondary N) is 2. The maximum absolute atomic E-state index is 12.5. The summed E-state index contributed by atoms with van der Waals surface area (Å²) in [5, 5.41) is 5.92. The second-order valence-electron chi connectivity index (χ2n) is 7.86. The predicted molar refractivity (Wildman–Crippen MR) is 101 cm³/mol. The zero-order valence-electron chi connectivity index (χ0n) is 15.3. The van der Waals surface area contributed by atoms with Crippen LogP contribution in [-0.4, -0.2) is 29.7 Å². The van der Waals surface area contributed by atoms with Gasteiger partial charge in [0.25, 0.3) is 0 Å². The van der Waals surface area contributed by atoms with Gasteiger partial charge in [-0.2, -0.15) is 0 Å². The summed E-state index contributed by atoms with van der Waals surface area (Å²) in [6.45, 7) is 7.82. The normalized spacial score (nSPS) is 16.7. The van der Waals surface area contributed by atoms with Gasteiger partial charge in [-0.15, -0.1) is 0 Å². The number of rotatable bonds is 6. The number of amides is 2. The molecule has 0 spiro atoms. The highest BCUT2D eigenvalue weighted by atomic mass is 79.9. The first kappa shape index (κ1) is 19.8. The van der Waals surface area contributed by atoms with Crippen molar-refractivity contribution in [2.24, 2.45) is 5.92 Å². The van der Waals surface area contributed by atoms with Gasteiger partial charge in [-0.3, -0.25) is 4.79 Å². The van der Waals surface area contributed by atoms with Gasteiger partial charge < -0.3 is 15.4 Å². The molecule has 1 aliphatic rings. The lowest BCUT2D eigenvalue weighted by molar-refractivity contribution is -0.122. The van der Waals surface area contributed by atoms with Crippen LogP contribution in [0.2, 0.25) is 0 Å². The number of benzene rings is 1. The van der Waals surface area contributed by atoms with Gasteiger partial charge in [0.15, 0.2) is 0 Å². The third-order valence-corrected chi connectivity index (χ3v) is 4.98. The lowest BCUT2D eigenvalue weighted by Crippen LogP contribution is -2.56. The number of halogens is 1. The molecule has 5 nitrogen and oxygen atoms in total. The molecule has 0 aromatic heterocycles. The molecule has 2 rings (SSSR count). The Morgan fingerprint density at radius 2 is 1.84 bits per heavy atom. The van der Waals surface area contributed by atoms with E-state index in [4.69, 9.17) is 4.74 Å². The van der Waals surface area contributed by atoms with Crippen LogP contribution in [0.5, 0.6) is 0 Å². The van der Waals surface area contributed by atoms with Crippen molar-refractivity contribution in [1.82, 2.24) is 10.6 Å². The van der Waals surface area contributed by atoms with Crippen molar-refractivity contribution in [3.8, 4) is 0 Å². The van der Waals surface area contributed by atoms with Gasteiger partial charge in [0.05, 0.1) is 12.0 Å². The summed E-state index contributed by atoms with van der Waals surface area (Å²) in [6, 6.07) is 7.69. The highest BCUT2D eigenvalue weighted by molar-refractivity contribution is 9.10. The van der Waals surface area contributed by atoms with E-state index in [9.17, 15) is 9.59 Å². The predicted octanol–water partition coefficient (Wildman–Crippen LogP) is 3.80. The second kappa shape index (κ2) is 7.77. The van der Waals surface area contributed by atoms with Crippen LogP contribution in [0.3, 0.4) is 0 Å². The molecule has 0 bridgehead atoms. The Kier molecular flexibility index (Phi) is 6.14. The Bertz CT molecular complexity index is 638. The van der Waals surface area contributed by atoms with Gasteiger partial charge in [0, 0.05) is 11.0 Å². The van der Waals surface area contributed by atoms with E-state index in [1.807, 2.05) is 52.0 Å². The minimum Gasteiger partial charge on any atom is -0.444 e. The van der Waals surface area contributed by atoms with Crippen molar-refractivity contribution in [1.29, 1.82) is 0 Å². The Morgan fingerprint density at radius 3 is 2.40 bits per heavy atom. The van der Waals surface area contributed by atoms with E-state index in [1.165, 1.54) is 0 Å². The Balaban J connectivity index is 1.94. The Hall–Kier alpha value is -1.56. The first-order valence-electron chi connectivity index (χ1n) is 8.60. The molecule has 1 saturated carbocycles. The molecule has 25 heavy (non-hydrogen) atoms. The van der Waals surface area contributed by atoms with Crippen LogP contribution in [0, 0.1) is 5.92 Å². The quantitative estimate of drug-likeness (QED) is 0.748. The lowest BCUT2D eigenvalue weighted by Gasteiger charge is -2.32. The molecule has 0 aliphatic heterocycles. The molecule has 0 radical (unpaired) electrons. The molecule has 1 unspecified atom stereocenters. The first-order valence-corrected chi connectivity index (χ1v) is 9.40. The second-order valence-corrected chi connectivity index (χ2v) is 8.72. The van der Waals surface area contributed by atoms with Crippen LogP contribution in [0.25, 0.3) is 0 Å². The first-order chi connectivity index (χ1) is 11.6. The molecule has 6 heteroatoms. The van der Waals surface area contributed by atoms with E-state index in [0.717, 1.165) is 22.9 Å². The van der Waals surface area contributed by atoms with Crippen LogP contribution in [0.4, 0.5) is 4.79 Å². The molecule has 0 heterocycles. The van der Waals surface area contributed by atoms with Gasteiger partial charge in [-0.25, -0.2) is 4.79 Å². The van der Waals surface area contributed by atoms with Crippen LogP contribution < -0.4 is 10.6 Å². The monoisotopic (exact) mass is 410 g/mol. The highest BCUT2D eigenvalue weighted by Crippen LogP contribution is 2.39. The van der Waals surface area contributed by atoms with Crippen molar-refractivity contribution in [2.75, 3.05) is 6.54 Å². The third kappa shape index (κ3) is 6.34. The van der Waals surface area contributed by atoms with Gasteiger partial charge in [-0.05, 0) is 58.1 Å². The smallest absolute Gasteiger partial charge is 0.407 e. The topological polar surface area (TPSA) is 67.4 Å². The number of ether oxygens (including phenoxy) is 1. The van der Waals surface area contributed by atoms with E-state index in [1.54, 1.807) is 0 Å². The van der Waals surface area contributed by atoms with Crippen LogP contribution >= 0.6 is 15.9 Å². The van der Waals surface area contributed by atoms with E-state index in [2.05, 4.69) is 26.6 Å².